The quantitative estimate of drug-likeness (QED) is 0.124. The molecule has 4 bridgehead atoms. The number of hydrogen-bond acceptors (Lipinski definition) is 16. The van der Waals surface area contributed by atoms with Gasteiger partial charge in [0.05, 0.1) is 58.2 Å². The zero-order valence-corrected chi connectivity index (χ0v) is 44.0. The molecule has 0 aliphatic carbocycles. The SMILES string of the molecule is CC1(C)OC[C@H](CCc2cc(N)ccn2)O1.Cc1cc(-c2nc3c(cc2Cl)N2CC[C@@H](C2)N3)ccn1.Cc1cc(-c2nc3c(cc2Cl)N2CC[C@@H](C2)N3C(=O)Nc2ccnc(OC[C@H]3COC(C)(C)O3)c2)ccn1. The van der Waals surface area contributed by atoms with Crippen LogP contribution < -0.4 is 35.8 Å². The molecular weight excluding hydrogens is 984 g/mol. The summed E-state index contributed by atoms with van der Waals surface area (Å²) in [7, 11) is 0. The van der Waals surface area contributed by atoms with E-state index in [0.29, 0.717) is 59.0 Å². The number of nitrogens with zero attached hydrogens (tertiary/aromatic N) is 9. The third-order valence-electron chi connectivity index (χ3n) is 13.5. The number of urea groups is 1. The average molecular weight is 1050 g/mol. The predicted molar refractivity (Wildman–Crippen MR) is 287 cm³/mol. The molecule has 388 valence electrons. The van der Waals surface area contributed by atoms with E-state index in [1.807, 2.05) is 84.0 Å². The number of pyridine rings is 6. The van der Waals surface area contributed by atoms with Crippen molar-refractivity contribution in [3.05, 3.63) is 113 Å². The van der Waals surface area contributed by atoms with Crippen molar-refractivity contribution in [2.24, 2.45) is 0 Å². The summed E-state index contributed by atoms with van der Waals surface area (Å²) in [5.41, 5.74) is 15.2. The van der Waals surface area contributed by atoms with Crippen molar-refractivity contribution in [1.29, 1.82) is 0 Å². The van der Waals surface area contributed by atoms with Crippen molar-refractivity contribution >= 4 is 63.6 Å². The van der Waals surface area contributed by atoms with Crippen LogP contribution in [-0.2, 0) is 25.4 Å². The average Bonchev–Trinajstić information content (AvgIpc) is 4.16. The van der Waals surface area contributed by atoms with E-state index in [1.165, 1.54) is 0 Å². The number of anilines is 6. The first-order chi connectivity index (χ1) is 35.5. The Morgan fingerprint density at radius 2 is 1.41 bits per heavy atom. The zero-order valence-electron chi connectivity index (χ0n) is 42.5. The molecule has 6 aliphatic rings. The minimum Gasteiger partial charge on any atom is -0.475 e. The maximum Gasteiger partial charge on any atom is 0.327 e. The van der Waals surface area contributed by atoms with Crippen LogP contribution >= 0.6 is 23.2 Å². The molecule has 6 aliphatic heterocycles. The summed E-state index contributed by atoms with van der Waals surface area (Å²) in [6.07, 6.45) is 10.6. The maximum absolute atomic E-state index is 13.7. The molecule has 6 aromatic heterocycles. The Morgan fingerprint density at radius 1 is 0.770 bits per heavy atom. The monoisotopic (exact) mass is 1040 g/mol. The number of amides is 2. The topological polar surface area (TPSA) is 200 Å². The van der Waals surface area contributed by atoms with Gasteiger partial charge in [0.25, 0.3) is 0 Å². The molecule has 4 fully saturated rings. The van der Waals surface area contributed by atoms with Gasteiger partial charge in [-0.1, -0.05) is 23.2 Å². The lowest BCUT2D eigenvalue weighted by molar-refractivity contribution is -0.141. The number of rotatable bonds is 9. The molecule has 18 nitrogen and oxygen atoms in total. The van der Waals surface area contributed by atoms with E-state index in [2.05, 4.69) is 40.4 Å². The van der Waals surface area contributed by atoms with Gasteiger partial charge in [-0.2, -0.15) is 0 Å². The van der Waals surface area contributed by atoms with Gasteiger partial charge in [0, 0.05) is 103 Å². The van der Waals surface area contributed by atoms with E-state index in [9.17, 15) is 4.79 Å². The Kier molecular flexibility index (Phi) is 14.8. The van der Waals surface area contributed by atoms with Crippen molar-refractivity contribution in [3.8, 4) is 28.4 Å². The summed E-state index contributed by atoms with van der Waals surface area (Å²) in [4.78, 5) is 46.7. The smallest absolute Gasteiger partial charge is 0.327 e. The van der Waals surface area contributed by atoms with Gasteiger partial charge < -0.3 is 49.9 Å². The lowest BCUT2D eigenvalue weighted by atomic mass is 10.1. The van der Waals surface area contributed by atoms with Crippen molar-refractivity contribution in [2.45, 2.75) is 103 Å². The third kappa shape index (κ3) is 11.9. The third-order valence-corrected chi connectivity index (χ3v) is 14.1. The standard InChI is InChI=1S/C27H29ClN6O4.C15H15ClN4.C12H18N2O2/c1-16-10-17(4-7-29-16)24-21(28)12-22-25(32-24)34(19-6-9-33(22)13-19)26(35)31-18-5-8-30-23(11-18)36-14-20-15-37-27(2,3)38-20;1-9-6-10(2-4-17-9)14-12(16)7-13-15(19-14)18-11-3-5-20(13)8-11;1-12(2)15-8-11(16-12)4-3-10-7-9(13)5-6-14-10/h4-5,7-8,10-12,19-20H,6,9,13-15H2,1-3H3,(H,30,31,35);2,4,6-7,11H,3,5,8H2,1H3,(H,18,19);5-7,11H,3-4,8H2,1-2H3,(H2,13,14)/t19-,20-;2*11-/m000/s1. The Hall–Kier alpha value is -6.41. The Morgan fingerprint density at radius 3 is 2.08 bits per heavy atom. The fraction of sp³-hybridized carbons (Fsp3) is 0.426. The summed E-state index contributed by atoms with van der Waals surface area (Å²) in [6, 6.07) is 19.1. The summed E-state index contributed by atoms with van der Waals surface area (Å²) in [5, 5.41) is 7.76. The largest absolute Gasteiger partial charge is 0.475 e. The molecular formula is C54H62Cl2N12O6. The molecule has 0 unspecified atom stereocenters. The fourth-order valence-electron chi connectivity index (χ4n) is 10.0. The summed E-state index contributed by atoms with van der Waals surface area (Å²) in [5.74, 6) is 0.881. The van der Waals surface area contributed by atoms with E-state index in [-0.39, 0.29) is 24.3 Å². The summed E-state index contributed by atoms with van der Waals surface area (Å²) < 4.78 is 28.4. The lowest BCUT2D eigenvalue weighted by Crippen LogP contribution is -2.48. The van der Waals surface area contributed by atoms with E-state index in [4.69, 9.17) is 62.6 Å². The molecule has 2 amide bonds. The van der Waals surface area contributed by atoms with Crippen molar-refractivity contribution in [1.82, 2.24) is 29.9 Å². The van der Waals surface area contributed by atoms with Gasteiger partial charge in [0.2, 0.25) is 5.88 Å². The van der Waals surface area contributed by atoms with Crippen LogP contribution in [0.2, 0.25) is 10.0 Å². The van der Waals surface area contributed by atoms with Crippen LogP contribution in [0, 0.1) is 13.8 Å². The molecule has 12 heterocycles. The normalized spacial score (nSPS) is 21.4. The van der Waals surface area contributed by atoms with Crippen molar-refractivity contribution in [2.75, 3.05) is 77.1 Å². The highest BCUT2D eigenvalue weighted by molar-refractivity contribution is 6.34. The van der Waals surface area contributed by atoms with E-state index >= 15 is 0 Å². The number of carbonyl (C=O) groups is 1. The van der Waals surface area contributed by atoms with Gasteiger partial charge in [-0.25, -0.2) is 19.7 Å². The van der Waals surface area contributed by atoms with E-state index < -0.39 is 11.6 Å². The number of fused-ring (bicyclic) bond motifs is 8. The first-order valence-corrected chi connectivity index (χ1v) is 25.8. The molecule has 0 spiro atoms. The molecule has 4 atom stereocenters. The number of halogens is 2. The van der Waals surface area contributed by atoms with E-state index in [0.717, 1.165) is 109 Å². The number of aromatic nitrogens is 6. The van der Waals surface area contributed by atoms with Gasteiger partial charge in [0.15, 0.2) is 23.2 Å². The van der Waals surface area contributed by atoms with Crippen molar-refractivity contribution in [3.63, 3.8) is 0 Å². The number of nitrogens with one attached hydrogen (secondary N) is 2. The molecule has 4 N–H and O–H groups in total. The number of ether oxygens (including phenoxy) is 5. The summed E-state index contributed by atoms with van der Waals surface area (Å²) in [6.45, 7) is 16.6. The zero-order chi connectivity index (χ0) is 51.7. The molecule has 4 saturated heterocycles. The predicted octanol–water partition coefficient (Wildman–Crippen LogP) is 9.52. The molecule has 12 rings (SSSR count). The van der Waals surface area contributed by atoms with Crippen LogP contribution in [0.25, 0.3) is 22.5 Å². The number of hydrogen-bond donors (Lipinski definition) is 3. The first-order valence-electron chi connectivity index (χ1n) is 25.1. The highest BCUT2D eigenvalue weighted by Gasteiger charge is 2.41. The molecule has 0 saturated carbocycles. The highest BCUT2D eigenvalue weighted by Crippen LogP contribution is 2.44. The molecule has 6 aromatic rings. The first kappa shape index (κ1) is 51.1. The minimum absolute atomic E-state index is 0.00336. The highest BCUT2D eigenvalue weighted by atomic mass is 35.5. The Labute approximate surface area is 441 Å². The van der Waals surface area contributed by atoms with Gasteiger partial charge in [-0.05, 0) is 122 Å². The van der Waals surface area contributed by atoms with Gasteiger partial charge in [-0.15, -0.1) is 0 Å². The number of aryl methyl sites for hydroxylation is 3. The molecule has 74 heavy (non-hydrogen) atoms. The van der Waals surface area contributed by atoms with Gasteiger partial charge in [0.1, 0.15) is 12.7 Å². The number of nitrogen functional groups attached to an aromatic ring is 1. The second-order valence-electron chi connectivity index (χ2n) is 20.2. The molecule has 0 radical (unpaired) electrons. The molecule has 20 heteroatoms. The Bertz CT molecular complexity index is 3020. The lowest BCUT2D eigenvalue weighted by Gasteiger charge is -2.36. The maximum atomic E-state index is 13.7. The second kappa shape index (κ2) is 21.4. The number of nitrogens with two attached hydrogens (primary N) is 1. The minimum atomic E-state index is -0.619. The van der Waals surface area contributed by atoms with Crippen LogP contribution in [0.1, 0.15) is 64.0 Å². The van der Waals surface area contributed by atoms with Crippen LogP contribution in [0.5, 0.6) is 5.88 Å². The number of carbonyl (C=O) groups excluding carboxylic acids is 1. The summed E-state index contributed by atoms with van der Waals surface area (Å²) >= 11 is 13.1. The fourth-order valence-corrected chi connectivity index (χ4v) is 10.5. The van der Waals surface area contributed by atoms with Gasteiger partial charge >= 0.3 is 6.03 Å². The Balaban J connectivity index is 0.000000144. The van der Waals surface area contributed by atoms with Gasteiger partial charge in [-0.3, -0.25) is 19.9 Å². The van der Waals surface area contributed by atoms with E-state index in [1.54, 1.807) is 47.9 Å². The molecule has 0 aromatic carbocycles. The van der Waals surface area contributed by atoms with Crippen molar-refractivity contribution < 1.29 is 28.5 Å². The van der Waals surface area contributed by atoms with Crippen LogP contribution in [0.15, 0.2) is 85.5 Å². The second-order valence-corrected chi connectivity index (χ2v) is 21.0. The van der Waals surface area contributed by atoms with Crippen LogP contribution in [0.4, 0.5) is 39.2 Å². The van der Waals surface area contributed by atoms with Crippen LogP contribution in [0.3, 0.4) is 0 Å². The van der Waals surface area contributed by atoms with Crippen LogP contribution in [-0.4, -0.2) is 118 Å².